The minimum atomic E-state index is -4.57. The molecule has 0 bridgehead atoms. The molecule has 2 fully saturated rings. The first kappa shape index (κ1) is 21.4. The zero-order valence-electron chi connectivity index (χ0n) is 17.2. The van der Waals surface area contributed by atoms with Gasteiger partial charge in [-0.2, -0.15) is 18.4 Å². The van der Waals surface area contributed by atoms with Crippen molar-refractivity contribution >= 4 is 5.91 Å². The molecule has 3 nitrogen and oxygen atoms in total. The van der Waals surface area contributed by atoms with Gasteiger partial charge in [-0.25, -0.2) is 0 Å². The highest BCUT2D eigenvalue weighted by Crippen LogP contribution is 2.40. The van der Waals surface area contributed by atoms with Crippen molar-refractivity contribution < 1.29 is 18.0 Å². The minimum Gasteiger partial charge on any atom is -0.342 e. The van der Waals surface area contributed by atoms with Crippen LogP contribution in [0.2, 0.25) is 0 Å². The van der Waals surface area contributed by atoms with Crippen LogP contribution in [-0.4, -0.2) is 23.9 Å². The maximum atomic E-state index is 13.6. The largest absolute Gasteiger partial charge is 0.417 e. The lowest BCUT2D eigenvalue weighted by atomic mass is 9.76. The number of hydrogen-bond acceptors (Lipinski definition) is 2. The molecular weight excluding hydrogens is 401 g/mol. The van der Waals surface area contributed by atoms with Crippen molar-refractivity contribution in [1.29, 1.82) is 5.26 Å². The number of nitriles is 1. The maximum absolute atomic E-state index is 13.6. The van der Waals surface area contributed by atoms with Crippen LogP contribution in [0.1, 0.15) is 53.9 Å². The van der Waals surface area contributed by atoms with E-state index in [0.29, 0.717) is 25.1 Å². The van der Waals surface area contributed by atoms with E-state index in [2.05, 4.69) is 0 Å². The summed E-state index contributed by atoms with van der Waals surface area (Å²) in [6.07, 6.45) is -0.444. The Morgan fingerprint density at radius 2 is 1.74 bits per heavy atom. The molecule has 1 unspecified atom stereocenters. The number of hydrogen-bond donors (Lipinski definition) is 0. The topological polar surface area (TPSA) is 44.1 Å². The third-order valence-electron chi connectivity index (χ3n) is 6.54. The summed E-state index contributed by atoms with van der Waals surface area (Å²) in [6, 6.07) is 15.6. The zero-order chi connectivity index (χ0) is 22.0. The van der Waals surface area contributed by atoms with Crippen molar-refractivity contribution in [3.63, 3.8) is 0 Å². The second kappa shape index (κ2) is 8.74. The highest BCUT2D eigenvalue weighted by atomic mass is 19.4. The molecule has 2 aromatic carbocycles. The average Bonchev–Trinajstić information content (AvgIpc) is 3.62. The van der Waals surface area contributed by atoms with Gasteiger partial charge in [-0.15, -0.1) is 0 Å². The standard InChI is InChI=1S/C25H25F3N2O/c26-25(27,28)23-15-20(8-9-21(23)16-29)22(14-17-4-2-1-3-5-17)18-10-12-30(13-11-18)24(31)19-6-7-19/h1-5,8-9,15,18-19,22H,6-7,10-14H2. The Kier molecular flexibility index (Phi) is 6.04. The molecule has 0 spiro atoms. The summed E-state index contributed by atoms with van der Waals surface area (Å²) >= 11 is 0. The molecule has 1 atom stereocenters. The van der Waals surface area contributed by atoms with E-state index in [1.165, 1.54) is 6.07 Å². The molecule has 162 valence electrons. The highest BCUT2D eigenvalue weighted by molar-refractivity contribution is 5.81. The smallest absolute Gasteiger partial charge is 0.342 e. The number of likely N-dealkylation sites (tertiary alicyclic amines) is 1. The van der Waals surface area contributed by atoms with Crippen LogP contribution >= 0.6 is 0 Å². The fraction of sp³-hybridized carbons (Fsp3) is 0.440. The zero-order valence-corrected chi connectivity index (χ0v) is 17.2. The van der Waals surface area contributed by atoms with Gasteiger partial charge in [-0.3, -0.25) is 4.79 Å². The Morgan fingerprint density at radius 3 is 2.32 bits per heavy atom. The first-order valence-corrected chi connectivity index (χ1v) is 10.8. The average molecular weight is 426 g/mol. The van der Waals surface area contributed by atoms with Crippen LogP contribution in [0.5, 0.6) is 0 Å². The molecule has 1 amide bonds. The van der Waals surface area contributed by atoms with E-state index in [4.69, 9.17) is 5.26 Å². The first-order valence-electron chi connectivity index (χ1n) is 10.8. The number of benzene rings is 2. The van der Waals surface area contributed by atoms with E-state index in [1.807, 2.05) is 35.2 Å². The fourth-order valence-electron chi connectivity index (χ4n) is 4.66. The van der Waals surface area contributed by atoms with Gasteiger partial charge >= 0.3 is 6.18 Å². The first-order chi connectivity index (χ1) is 14.9. The second-order valence-corrected chi connectivity index (χ2v) is 8.65. The van der Waals surface area contributed by atoms with Crippen molar-refractivity contribution in [2.75, 3.05) is 13.1 Å². The summed E-state index contributed by atoms with van der Waals surface area (Å²) in [6.45, 7) is 1.32. The Labute approximate surface area is 180 Å². The van der Waals surface area contributed by atoms with Gasteiger partial charge in [0.15, 0.2) is 0 Å². The van der Waals surface area contributed by atoms with E-state index in [0.717, 1.165) is 37.3 Å². The SMILES string of the molecule is N#Cc1ccc(C(Cc2ccccc2)C2CCN(C(=O)C3CC3)CC2)cc1C(F)(F)F. The van der Waals surface area contributed by atoms with E-state index >= 15 is 0 Å². The lowest BCUT2D eigenvalue weighted by molar-refractivity contribution is -0.138. The van der Waals surface area contributed by atoms with Gasteiger partial charge in [-0.1, -0.05) is 36.4 Å². The monoisotopic (exact) mass is 426 g/mol. The fourth-order valence-corrected chi connectivity index (χ4v) is 4.66. The molecule has 0 aromatic heterocycles. The van der Waals surface area contributed by atoms with E-state index in [9.17, 15) is 18.0 Å². The summed E-state index contributed by atoms with van der Waals surface area (Å²) in [5, 5.41) is 9.14. The molecule has 1 aliphatic carbocycles. The van der Waals surface area contributed by atoms with Crippen LogP contribution in [-0.2, 0) is 17.4 Å². The number of nitrogens with zero attached hydrogens (tertiary/aromatic N) is 2. The Balaban J connectivity index is 1.61. The van der Waals surface area contributed by atoms with E-state index in [1.54, 1.807) is 12.1 Å². The molecule has 0 N–H and O–H groups in total. The maximum Gasteiger partial charge on any atom is 0.417 e. The molecule has 0 radical (unpaired) electrons. The third kappa shape index (κ3) is 4.92. The lowest BCUT2D eigenvalue weighted by Crippen LogP contribution is -2.40. The molecule has 1 heterocycles. The summed E-state index contributed by atoms with van der Waals surface area (Å²) in [4.78, 5) is 14.3. The molecule has 2 aromatic rings. The molecule has 2 aliphatic rings. The summed E-state index contributed by atoms with van der Waals surface area (Å²) in [5.41, 5.74) is 0.468. The van der Waals surface area contributed by atoms with Gasteiger partial charge in [0.2, 0.25) is 5.91 Å². The number of rotatable bonds is 5. The lowest BCUT2D eigenvalue weighted by Gasteiger charge is -2.37. The normalized spacial score (nSPS) is 18.5. The molecule has 6 heteroatoms. The number of amides is 1. The van der Waals surface area contributed by atoms with Crippen LogP contribution in [0.3, 0.4) is 0 Å². The van der Waals surface area contributed by atoms with Crippen molar-refractivity contribution in [2.45, 2.75) is 44.2 Å². The van der Waals surface area contributed by atoms with Crippen LogP contribution in [0.15, 0.2) is 48.5 Å². The van der Waals surface area contributed by atoms with Gasteiger partial charge in [0.05, 0.1) is 17.2 Å². The van der Waals surface area contributed by atoms with Gasteiger partial charge in [-0.05, 0) is 67.2 Å². The van der Waals surface area contributed by atoms with Crippen molar-refractivity contribution in [3.8, 4) is 6.07 Å². The predicted molar refractivity (Wildman–Crippen MR) is 111 cm³/mol. The number of carbonyl (C=O) groups is 1. The van der Waals surface area contributed by atoms with Crippen molar-refractivity contribution in [1.82, 2.24) is 4.90 Å². The van der Waals surface area contributed by atoms with Crippen LogP contribution < -0.4 is 0 Å². The van der Waals surface area contributed by atoms with E-state index in [-0.39, 0.29) is 29.2 Å². The summed E-state index contributed by atoms with van der Waals surface area (Å²) < 4.78 is 40.7. The third-order valence-corrected chi connectivity index (χ3v) is 6.54. The Hall–Kier alpha value is -2.81. The predicted octanol–water partition coefficient (Wildman–Crippen LogP) is 5.55. The molecule has 1 aliphatic heterocycles. The highest BCUT2D eigenvalue weighted by Gasteiger charge is 2.38. The number of halogens is 3. The van der Waals surface area contributed by atoms with Gasteiger partial charge in [0.1, 0.15) is 0 Å². The number of piperidine rings is 1. The molecular formula is C25H25F3N2O. The van der Waals surface area contributed by atoms with E-state index < -0.39 is 11.7 Å². The van der Waals surface area contributed by atoms with Crippen LogP contribution in [0, 0.1) is 23.2 Å². The van der Waals surface area contributed by atoms with Gasteiger partial charge < -0.3 is 4.90 Å². The minimum absolute atomic E-state index is 0.102. The molecule has 4 rings (SSSR count). The van der Waals surface area contributed by atoms with Crippen LogP contribution in [0.4, 0.5) is 13.2 Å². The summed E-state index contributed by atoms with van der Waals surface area (Å²) in [5.74, 6) is 0.493. The molecule has 1 saturated carbocycles. The molecule has 1 saturated heterocycles. The second-order valence-electron chi connectivity index (χ2n) is 8.65. The van der Waals surface area contributed by atoms with Crippen LogP contribution in [0.25, 0.3) is 0 Å². The van der Waals surface area contributed by atoms with Crippen molar-refractivity contribution in [3.05, 3.63) is 70.8 Å². The summed E-state index contributed by atoms with van der Waals surface area (Å²) in [7, 11) is 0. The molecule has 31 heavy (non-hydrogen) atoms. The van der Waals surface area contributed by atoms with Gasteiger partial charge in [0, 0.05) is 19.0 Å². The van der Waals surface area contributed by atoms with Gasteiger partial charge in [0.25, 0.3) is 0 Å². The Morgan fingerprint density at radius 1 is 1.06 bits per heavy atom. The number of carbonyl (C=O) groups excluding carboxylic acids is 1. The number of alkyl halides is 3. The quantitative estimate of drug-likeness (QED) is 0.629. The van der Waals surface area contributed by atoms with Crippen molar-refractivity contribution in [2.24, 2.45) is 11.8 Å². The Bertz CT molecular complexity index is 968.